The summed E-state index contributed by atoms with van der Waals surface area (Å²) in [6.07, 6.45) is -0.293. The van der Waals surface area contributed by atoms with Gasteiger partial charge in [0.15, 0.2) is 11.5 Å². The summed E-state index contributed by atoms with van der Waals surface area (Å²) in [6.45, 7) is -1.00. The van der Waals surface area contributed by atoms with Gasteiger partial charge in [0.05, 0.1) is 13.0 Å². The summed E-state index contributed by atoms with van der Waals surface area (Å²) < 4.78 is 4.89. The molecule has 5 N–H and O–H groups in total. The van der Waals surface area contributed by atoms with E-state index < -0.39 is 48.0 Å². The van der Waals surface area contributed by atoms with Crippen LogP contribution in [0.1, 0.15) is 5.56 Å². The molecule has 0 atom stereocenters. The van der Waals surface area contributed by atoms with Crippen LogP contribution < -0.4 is 16.3 Å². The lowest BCUT2D eigenvalue weighted by Crippen LogP contribution is -2.39. The van der Waals surface area contributed by atoms with E-state index in [1.54, 1.807) is 0 Å². The third-order valence-corrected chi connectivity index (χ3v) is 3.16. The summed E-state index contributed by atoms with van der Waals surface area (Å²) in [7, 11) is 0. The van der Waals surface area contributed by atoms with Crippen LogP contribution in [0.15, 0.2) is 27.4 Å². The Morgan fingerprint density at radius 1 is 0.960 bits per heavy atom. The minimum Gasteiger partial charge on any atom is -0.504 e. The second-order valence-corrected chi connectivity index (χ2v) is 5.05. The highest BCUT2D eigenvalue weighted by atomic mass is 16.4. The molecule has 132 valence electrons. The third kappa shape index (κ3) is 4.70. The number of nitrogens with one attached hydrogen (secondary N) is 2. The van der Waals surface area contributed by atoms with Gasteiger partial charge in [-0.1, -0.05) is 0 Å². The van der Waals surface area contributed by atoms with Crippen LogP contribution in [-0.2, 0) is 20.8 Å². The predicted molar refractivity (Wildman–Crippen MR) is 83.2 cm³/mol. The second kappa shape index (κ2) is 7.34. The molecular weight excluding hydrogens is 336 g/mol. The second-order valence-electron chi connectivity index (χ2n) is 5.05. The maximum Gasteiger partial charge on any atom is 0.336 e. The fraction of sp³-hybridized carbons (Fsp3) is 0.200. The Morgan fingerprint density at radius 2 is 1.60 bits per heavy atom. The fourth-order valence-corrected chi connectivity index (χ4v) is 2.05. The van der Waals surface area contributed by atoms with E-state index in [0.29, 0.717) is 0 Å². The molecule has 0 saturated carbocycles. The summed E-state index contributed by atoms with van der Waals surface area (Å²) in [5, 5.41) is 32.0. The predicted octanol–water partition coefficient (Wildman–Crippen LogP) is -0.936. The van der Waals surface area contributed by atoms with Gasteiger partial charge in [0.1, 0.15) is 12.1 Å². The van der Waals surface area contributed by atoms with E-state index in [-0.39, 0.29) is 23.0 Å². The highest BCUT2D eigenvalue weighted by Crippen LogP contribution is 2.31. The summed E-state index contributed by atoms with van der Waals surface area (Å²) in [5.41, 5.74) is -0.533. The van der Waals surface area contributed by atoms with E-state index in [0.717, 1.165) is 18.2 Å². The summed E-state index contributed by atoms with van der Waals surface area (Å²) in [6, 6.07) is 3.26. The van der Waals surface area contributed by atoms with Crippen LogP contribution >= 0.6 is 0 Å². The zero-order valence-electron chi connectivity index (χ0n) is 12.7. The van der Waals surface area contributed by atoms with Crippen LogP contribution in [0.4, 0.5) is 0 Å². The number of carbonyl (C=O) groups is 3. The van der Waals surface area contributed by atoms with Gasteiger partial charge in [0, 0.05) is 17.5 Å². The first-order chi connectivity index (χ1) is 11.8. The largest absolute Gasteiger partial charge is 0.504 e. The van der Waals surface area contributed by atoms with Gasteiger partial charge in [-0.2, -0.15) is 0 Å². The van der Waals surface area contributed by atoms with Gasteiger partial charge >= 0.3 is 11.6 Å². The van der Waals surface area contributed by atoms with E-state index >= 15 is 0 Å². The Balaban J connectivity index is 2.10. The highest BCUT2D eigenvalue weighted by Gasteiger charge is 2.14. The van der Waals surface area contributed by atoms with Crippen LogP contribution in [0.25, 0.3) is 11.0 Å². The van der Waals surface area contributed by atoms with Gasteiger partial charge in [0.25, 0.3) is 0 Å². The molecule has 2 aromatic rings. The first-order valence-corrected chi connectivity index (χ1v) is 7.00. The lowest BCUT2D eigenvalue weighted by Gasteiger charge is -2.08. The minimum absolute atomic E-state index is 0.00944. The van der Waals surface area contributed by atoms with Crippen molar-refractivity contribution in [2.45, 2.75) is 6.42 Å². The van der Waals surface area contributed by atoms with Crippen molar-refractivity contribution in [2.24, 2.45) is 0 Å². The number of amides is 2. The maximum absolute atomic E-state index is 11.9. The molecule has 1 aromatic heterocycles. The standard InChI is InChI=1S/C15H14N2O8/c18-9-3-8-7(2-15(24)25-11(8)4-10(9)19)1-12(20)16-5-13(21)17-6-14(22)23/h2-4,18-19H,1,5-6H2,(H,16,20)(H,17,21)(H,22,23). The van der Waals surface area contributed by atoms with E-state index in [9.17, 15) is 29.4 Å². The van der Waals surface area contributed by atoms with Gasteiger partial charge in [-0.3, -0.25) is 14.4 Å². The number of carboxylic acids is 1. The van der Waals surface area contributed by atoms with Gasteiger partial charge in [-0.25, -0.2) is 4.79 Å². The number of rotatable bonds is 6. The Kier molecular flexibility index (Phi) is 5.22. The SMILES string of the molecule is O=C(O)CNC(=O)CNC(=O)Cc1cc(=O)oc2cc(O)c(O)cc12. The van der Waals surface area contributed by atoms with Crippen LogP contribution in [-0.4, -0.2) is 46.2 Å². The zero-order chi connectivity index (χ0) is 18.6. The van der Waals surface area contributed by atoms with Crippen LogP contribution in [0.2, 0.25) is 0 Å². The molecule has 1 heterocycles. The molecule has 2 rings (SSSR count). The molecule has 0 unspecified atom stereocenters. The number of hydrogen-bond donors (Lipinski definition) is 5. The molecule has 0 fully saturated rings. The summed E-state index contributed by atoms with van der Waals surface area (Å²) >= 11 is 0. The van der Waals surface area contributed by atoms with Crippen molar-refractivity contribution in [3.05, 3.63) is 34.2 Å². The number of benzene rings is 1. The lowest BCUT2D eigenvalue weighted by atomic mass is 10.1. The Morgan fingerprint density at radius 3 is 2.28 bits per heavy atom. The number of carbonyl (C=O) groups excluding carboxylic acids is 2. The molecule has 25 heavy (non-hydrogen) atoms. The highest BCUT2D eigenvalue weighted by molar-refractivity contribution is 5.91. The average Bonchev–Trinajstić information content (AvgIpc) is 2.52. The first kappa shape index (κ1) is 17.8. The number of aromatic hydroxyl groups is 2. The van der Waals surface area contributed by atoms with Crippen molar-refractivity contribution in [1.29, 1.82) is 0 Å². The summed E-state index contributed by atoms with van der Waals surface area (Å²) in [5.74, 6) is -3.44. The Hall–Kier alpha value is -3.56. The van der Waals surface area contributed by atoms with Crippen molar-refractivity contribution in [1.82, 2.24) is 10.6 Å². The van der Waals surface area contributed by atoms with E-state index in [4.69, 9.17) is 9.52 Å². The smallest absolute Gasteiger partial charge is 0.336 e. The van der Waals surface area contributed by atoms with Crippen molar-refractivity contribution in [2.75, 3.05) is 13.1 Å². The molecule has 0 radical (unpaired) electrons. The molecule has 0 aliphatic carbocycles. The van der Waals surface area contributed by atoms with Gasteiger partial charge in [0.2, 0.25) is 11.8 Å². The van der Waals surface area contributed by atoms with Crippen LogP contribution in [0.3, 0.4) is 0 Å². The molecule has 10 heteroatoms. The maximum atomic E-state index is 11.9. The number of phenolic OH excluding ortho intramolecular Hbond substituents is 2. The number of fused-ring (bicyclic) bond motifs is 1. The minimum atomic E-state index is -1.22. The number of aliphatic carboxylic acids is 1. The molecule has 0 saturated heterocycles. The number of hydrogen-bond acceptors (Lipinski definition) is 7. The summed E-state index contributed by atoms with van der Waals surface area (Å²) in [4.78, 5) is 45.1. The van der Waals surface area contributed by atoms with Crippen molar-refractivity contribution < 1.29 is 34.1 Å². The number of phenols is 2. The zero-order valence-corrected chi connectivity index (χ0v) is 12.7. The van der Waals surface area contributed by atoms with Crippen molar-refractivity contribution in [3.63, 3.8) is 0 Å². The monoisotopic (exact) mass is 350 g/mol. The molecule has 0 aliphatic heterocycles. The normalized spacial score (nSPS) is 10.4. The lowest BCUT2D eigenvalue weighted by molar-refractivity contribution is -0.137. The molecular formula is C15H14N2O8. The van der Waals surface area contributed by atoms with Crippen LogP contribution in [0, 0.1) is 0 Å². The van der Waals surface area contributed by atoms with Crippen LogP contribution in [0.5, 0.6) is 11.5 Å². The quantitative estimate of drug-likeness (QED) is 0.329. The Labute approximate surface area is 139 Å². The molecule has 0 bridgehead atoms. The first-order valence-electron chi connectivity index (χ1n) is 7.00. The molecule has 2 amide bonds. The molecule has 10 nitrogen and oxygen atoms in total. The number of carboxylic acid groups (broad SMARTS) is 1. The average molecular weight is 350 g/mol. The van der Waals surface area contributed by atoms with Gasteiger partial charge in [-0.05, 0) is 11.6 Å². The van der Waals surface area contributed by atoms with E-state index in [2.05, 4.69) is 10.6 Å². The van der Waals surface area contributed by atoms with Gasteiger partial charge < -0.3 is 30.4 Å². The molecule has 1 aromatic carbocycles. The van der Waals surface area contributed by atoms with E-state index in [1.807, 2.05) is 0 Å². The fourth-order valence-electron chi connectivity index (χ4n) is 2.05. The topological polar surface area (TPSA) is 166 Å². The Bertz CT molecular complexity index is 902. The van der Waals surface area contributed by atoms with Gasteiger partial charge in [-0.15, -0.1) is 0 Å². The molecule has 0 spiro atoms. The van der Waals surface area contributed by atoms with Crippen molar-refractivity contribution >= 4 is 28.8 Å². The van der Waals surface area contributed by atoms with E-state index in [1.165, 1.54) is 0 Å². The van der Waals surface area contributed by atoms with Crippen molar-refractivity contribution in [3.8, 4) is 11.5 Å². The molecule has 0 aliphatic rings. The third-order valence-electron chi connectivity index (χ3n) is 3.16.